The van der Waals surface area contributed by atoms with Crippen molar-refractivity contribution in [3.63, 3.8) is 0 Å². The molecule has 1 rings (SSSR count). The van der Waals surface area contributed by atoms with Crippen molar-refractivity contribution >= 4 is 45.6 Å². The highest BCUT2D eigenvalue weighted by Crippen LogP contribution is 2.34. The molecule has 0 saturated carbocycles. The Bertz CT molecular complexity index is 811. The Morgan fingerprint density at radius 3 is 1.78 bits per heavy atom. The highest BCUT2D eigenvalue weighted by Gasteiger charge is 2.54. The molecule has 1 heterocycles. The second-order valence-electron chi connectivity index (χ2n) is 8.89. The van der Waals surface area contributed by atoms with Crippen molar-refractivity contribution in [3.8, 4) is 0 Å². The molecule has 1 aliphatic heterocycles. The minimum Gasteiger partial charge on any atom is -0.463 e. The summed E-state index contributed by atoms with van der Waals surface area (Å²) in [4.78, 5) is 59.6. The second-order valence-corrected chi connectivity index (χ2v) is 10.5. The van der Waals surface area contributed by atoms with Gasteiger partial charge in [0.15, 0.2) is 30.4 Å². The fourth-order valence-corrected chi connectivity index (χ4v) is 3.43. The van der Waals surface area contributed by atoms with Gasteiger partial charge in [0.05, 0.1) is 6.61 Å². The molecule has 0 amide bonds. The zero-order valence-electron chi connectivity index (χ0n) is 21.7. The van der Waals surface area contributed by atoms with E-state index in [-0.39, 0.29) is 18.3 Å². The van der Waals surface area contributed by atoms with Gasteiger partial charge in [0, 0.05) is 27.7 Å². The van der Waals surface area contributed by atoms with E-state index in [2.05, 4.69) is 15.9 Å². The number of carbonyl (C=O) groups excluding carboxylic acids is 5. The molecule has 1 aliphatic rings. The minimum atomic E-state index is -1.49. The molecule has 1 saturated heterocycles. The normalized spacial score (nSPS) is 26.3. The molecule has 0 aromatic heterocycles. The fraction of sp³-hybridized carbons (Fsp3) is 0.783. The van der Waals surface area contributed by atoms with Crippen LogP contribution in [0.5, 0.6) is 0 Å². The van der Waals surface area contributed by atoms with E-state index in [0.717, 1.165) is 20.8 Å². The summed E-state index contributed by atoms with van der Waals surface area (Å²) in [5, 5.41) is 0. The van der Waals surface area contributed by atoms with Crippen molar-refractivity contribution in [2.24, 2.45) is 5.92 Å². The van der Waals surface area contributed by atoms with E-state index in [0.29, 0.717) is 0 Å². The summed E-state index contributed by atoms with van der Waals surface area (Å²) in [6.07, 6.45) is -8.10. The Morgan fingerprint density at radius 1 is 0.833 bits per heavy atom. The molecule has 0 bridgehead atoms. The Hall–Kier alpha value is -2.09. The molecular weight excluding hydrogens is 548 g/mol. The van der Waals surface area contributed by atoms with Gasteiger partial charge in [0.1, 0.15) is 17.0 Å². The summed E-state index contributed by atoms with van der Waals surface area (Å²) in [7, 11) is 0. The average Bonchev–Trinajstić information content (AvgIpc) is 2.72. The van der Waals surface area contributed by atoms with Crippen molar-refractivity contribution in [1.29, 1.82) is 0 Å². The maximum absolute atomic E-state index is 12.4. The van der Waals surface area contributed by atoms with Crippen LogP contribution in [0, 0.1) is 5.92 Å². The number of ketones is 1. The van der Waals surface area contributed by atoms with Crippen molar-refractivity contribution in [2.75, 3.05) is 13.2 Å². The van der Waals surface area contributed by atoms with E-state index in [1.54, 1.807) is 0 Å². The Kier molecular flexibility index (Phi) is 12.4. The van der Waals surface area contributed by atoms with Crippen LogP contribution < -0.4 is 0 Å². The van der Waals surface area contributed by atoms with Gasteiger partial charge in [-0.05, 0) is 19.8 Å². The molecule has 0 N–H and O–H groups in total. The standard InChI is InChI=1S/C23H35BrO12/c1-11(2)9-31-22(23(8,24)12(3)25)36-21-20(34-16(7)29)19(33-15(6)28)18(32-14(5)27)17(35-21)10-30-13(4)26/h11,17-22H,9-10H2,1-8H3/t17-,18-,19+,20-,21+,22-,23+/m1/s1. The van der Waals surface area contributed by atoms with Crippen LogP contribution in [0.15, 0.2) is 0 Å². The van der Waals surface area contributed by atoms with Crippen molar-refractivity contribution in [3.05, 3.63) is 0 Å². The maximum atomic E-state index is 12.4. The molecule has 36 heavy (non-hydrogen) atoms. The molecule has 1 fully saturated rings. The summed E-state index contributed by atoms with van der Waals surface area (Å²) in [5.41, 5.74) is 0. The van der Waals surface area contributed by atoms with Crippen LogP contribution in [-0.2, 0) is 57.1 Å². The van der Waals surface area contributed by atoms with Crippen LogP contribution in [0.2, 0.25) is 0 Å². The molecule has 0 aromatic carbocycles. The van der Waals surface area contributed by atoms with Crippen molar-refractivity contribution < 1.29 is 57.1 Å². The number of Topliss-reactive ketones (excluding diaryl/α,β-unsaturated/α-hetero) is 1. The third kappa shape index (κ3) is 9.75. The average molecular weight is 583 g/mol. The lowest BCUT2D eigenvalue weighted by Crippen LogP contribution is -2.64. The van der Waals surface area contributed by atoms with E-state index in [1.807, 2.05) is 13.8 Å². The Morgan fingerprint density at radius 2 is 1.33 bits per heavy atom. The van der Waals surface area contributed by atoms with Crippen LogP contribution in [0.25, 0.3) is 0 Å². The first kappa shape index (κ1) is 31.9. The summed E-state index contributed by atoms with van der Waals surface area (Å²) < 4.78 is 37.6. The summed E-state index contributed by atoms with van der Waals surface area (Å²) in [6.45, 7) is 11.0. The predicted molar refractivity (Wildman–Crippen MR) is 126 cm³/mol. The summed E-state index contributed by atoms with van der Waals surface area (Å²) in [5.74, 6) is -3.21. The first-order chi connectivity index (χ1) is 16.6. The molecule has 0 aliphatic carbocycles. The first-order valence-corrected chi connectivity index (χ1v) is 12.1. The second kappa shape index (κ2) is 14.0. The molecule has 12 nitrogen and oxygen atoms in total. The monoisotopic (exact) mass is 582 g/mol. The molecule has 0 unspecified atom stereocenters. The van der Waals surface area contributed by atoms with Crippen LogP contribution >= 0.6 is 15.9 Å². The smallest absolute Gasteiger partial charge is 0.303 e. The van der Waals surface area contributed by atoms with Gasteiger partial charge < -0.3 is 33.2 Å². The van der Waals surface area contributed by atoms with Gasteiger partial charge in [-0.1, -0.05) is 29.8 Å². The zero-order valence-corrected chi connectivity index (χ0v) is 23.3. The topological polar surface area (TPSA) is 150 Å². The third-order valence-electron chi connectivity index (χ3n) is 4.92. The molecule has 0 radical (unpaired) electrons. The Balaban J connectivity index is 3.53. The van der Waals surface area contributed by atoms with Gasteiger partial charge in [-0.15, -0.1) is 0 Å². The fourth-order valence-electron chi connectivity index (χ4n) is 3.19. The number of esters is 4. The lowest BCUT2D eigenvalue weighted by molar-refractivity contribution is -0.342. The van der Waals surface area contributed by atoms with E-state index in [1.165, 1.54) is 20.8 Å². The van der Waals surface area contributed by atoms with Gasteiger partial charge in [0.2, 0.25) is 6.29 Å². The van der Waals surface area contributed by atoms with Gasteiger partial charge in [-0.25, -0.2) is 0 Å². The van der Waals surface area contributed by atoms with Crippen molar-refractivity contribution in [2.45, 2.75) is 96.7 Å². The van der Waals surface area contributed by atoms with Crippen LogP contribution in [0.4, 0.5) is 0 Å². The number of hydrogen-bond donors (Lipinski definition) is 0. The molecule has 0 aromatic rings. The van der Waals surface area contributed by atoms with E-state index < -0.39 is 71.8 Å². The van der Waals surface area contributed by atoms with Crippen molar-refractivity contribution in [1.82, 2.24) is 0 Å². The van der Waals surface area contributed by atoms with Crippen LogP contribution in [0.1, 0.15) is 55.4 Å². The van der Waals surface area contributed by atoms with Gasteiger partial charge in [-0.2, -0.15) is 0 Å². The minimum absolute atomic E-state index is 0.0711. The van der Waals surface area contributed by atoms with Crippen LogP contribution in [-0.4, -0.2) is 84.2 Å². The van der Waals surface area contributed by atoms with Crippen LogP contribution in [0.3, 0.4) is 0 Å². The largest absolute Gasteiger partial charge is 0.463 e. The first-order valence-electron chi connectivity index (χ1n) is 11.3. The van der Waals surface area contributed by atoms with E-state index in [4.69, 9.17) is 33.2 Å². The lowest BCUT2D eigenvalue weighted by atomic mass is 9.98. The molecular formula is C23H35BrO12. The van der Waals surface area contributed by atoms with Gasteiger partial charge >= 0.3 is 23.9 Å². The Labute approximate surface area is 218 Å². The number of alkyl halides is 1. The van der Waals surface area contributed by atoms with Gasteiger partial charge in [-0.3, -0.25) is 24.0 Å². The molecule has 0 spiro atoms. The number of halogens is 1. The SMILES string of the molecule is CC(=O)OC[C@H]1O[C@@H](O[C@@H](OCC(C)C)[C@@](C)(Br)C(C)=O)[C@H](OC(C)=O)[C@@H](OC(C)=O)[C@@H]1OC(C)=O. The third-order valence-corrected chi connectivity index (χ3v) is 5.85. The molecule has 7 atom stereocenters. The number of carbonyl (C=O) groups is 5. The number of hydrogen-bond acceptors (Lipinski definition) is 12. The van der Waals surface area contributed by atoms with E-state index >= 15 is 0 Å². The highest BCUT2D eigenvalue weighted by atomic mass is 79.9. The lowest BCUT2D eigenvalue weighted by Gasteiger charge is -2.45. The summed E-state index contributed by atoms with van der Waals surface area (Å²) in [6, 6.07) is 0. The number of rotatable bonds is 12. The molecule has 13 heteroatoms. The predicted octanol–water partition coefficient (Wildman–Crippen LogP) is 1.83. The summed E-state index contributed by atoms with van der Waals surface area (Å²) >= 11 is 3.34. The number of ether oxygens (including phenoxy) is 7. The maximum Gasteiger partial charge on any atom is 0.303 e. The highest BCUT2D eigenvalue weighted by molar-refractivity contribution is 9.10. The molecule has 206 valence electrons. The van der Waals surface area contributed by atoms with E-state index in [9.17, 15) is 24.0 Å². The van der Waals surface area contributed by atoms with Gasteiger partial charge in [0.25, 0.3) is 0 Å². The quantitative estimate of drug-likeness (QED) is 0.143. The zero-order chi connectivity index (χ0) is 27.8.